The number of benzene rings is 1. The number of thioether (sulfide) groups is 1. The van der Waals surface area contributed by atoms with Gasteiger partial charge in [0.05, 0.1) is 18.0 Å². The summed E-state index contributed by atoms with van der Waals surface area (Å²) in [5.41, 5.74) is 2.31. The molecule has 9 heteroatoms. The van der Waals surface area contributed by atoms with E-state index in [2.05, 4.69) is 20.6 Å². The molecule has 4 rings (SSSR count). The van der Waals surface area contributed by atoms with Crippen LogP contribution in [-0.2, 0) is 11.2 Å². The number of rotatable bonds is 5. The van der Waals surface area contributed by atoms with Crippen molar-refractivity contribution in [1.29, 1.82) is 0 Å². The molecule has 27 heavy (non-hydrogen) atoms. The quantitative estimate of drug-likeness (QED) is 0.678. The first-order valence-corrected chi connectivity index (χ1v) is 9.64. The molecular weight excluding hydrogens is 369 g/mol. The van der Waals surface area contributed by atoms with Crippen molar-refractivity contribution in [3.05, 3.63) is 53.4 Å². The van der Waals surface area contributed by atoms with Crippen LogP contribution in [0.25, 0.3) is 5.69 Å². The van der Waals surface area contributed by atoms with Crippen LogP contribution >= 0.6 is 11.8 Å². The molecule has 0 unspecified atom stereocenters. The zero-order chi connectivity index (χ0) is 18.8. The minimum absolute atomic E-state index is 0.118. The van der Waals surface area contributed by atoms with E-state index >= 15 is 0 Å². The van der Waals surface area contributed by atoms with Crippen LogP contribution in [0.3, 0.4) is 0 Å². The molecule has 2 heterocycles. The van der Waals surface area contributed by atoms with Crippen LogP contribution in [0.15, 0.2) is 40.1 Å². The van der Waals surface area contributed by atoms with E-state index in [0.29, 0.717) is 16.8 Å². The summed E-state index contributed by atoms with van der Waals surface area (Å²) in [5, 5.41) is 15.4. The van der Waals surface area contributed by atoms with Crippen LogP contribution in [-0.4, -0.2) is 31.6 Å². The number of nitrogens with zero attached hydrogens (tertiary/aromatic N) is 4. The second kappa shape index (κ2) is 7.51. The van der Waals surface area contributed by atoms with Crippen molar-refractivity contribution in [2.75, 3.05) is 5.75 Å². The predicted molar refractivity (Wildman–Crippen MR) is 97.1 cm³/mol. The van der Waals surface area contributed by atoms with E-state index in [9.17, 15) is 9.18 Å². The third-order valence-electron chi connectivity index (χ3n) is 4.43. The van der Waals surface area contributed by atoms with Crippen molar-refractivity contribution >= 4 is 17.7 Å². The lowest BCUT2D eigenvalue weighted by Gasteiger charge is -2.24. The highest BCUT2D eigenvalue weighted by atomic mass is 32.2. The number of aromatic nitrogens is 4. The molecule has 0 radical (unpaired) electrons. The third-order valence-corrected chi connectivity index (χ3v) is 5.25. The lowest BCUT2D eigenvalue weighted by Crippen LogP contribution is -2.32. The van der Waals surface area contributed by atoms with Gasteiger partial charge < -0.3 is 9.73 Å². The van der Waals surface area contributed by atoms with Gasteiger partial charge in [-0.25, -0.2) is 9.07 Å². The van der Waals surface area contributed by atoms with Crippen LogP contribution < -0.4 is 5.32 Å². The summed E-state index contributed by atoms with van der Waals surface area (Å²) in [6.45, 7) is 1.70. The van der Waals surface area contributed by atoms with Crippen molar-refractivity contribution in [3.63, 3.8) is 0 Å². The smallest absolute Gasteiger partial charge is 0.277 e. The fourth-order valence-electron chi connectivity index (χ4n) is 3.24. The highest BCUT2D eigenvalue weighted by molar-refractivity contribution is 7.99. The van der Waals surface area contributed by atoms with E-state index in [0.717, 1.165) is 30.5 Å². The Labute approximate surface area is 159 Å². The number of para-hydroxylation sites is 1. The maximum Gasteiger partial charge on any atom is 0.277 e. The SMILES string of the molecule is Cc1nnc(SCC(=O)N[C@H]2CCCc3c2cnn3-c2ccccc2F)o1. The molecule has 0 aliphatic heterocycles. The lowest BCUT2D eigenvalue weighted by molar-refractivity contribution is -0.119. The van der Waals surface area contributed by atoms with Gasteiger partial charge in [0.25, 0.3) is 5.22 Å². The monoisotopic (exact) mass is 387 g/mol. The molecule has 1 aromatic carbocycles. The Balaban J connectivity index is 1.47. The van der Waals surface area contributed by atoms with Gasteiger partial charge >= 0.3 is 0 Å². The number of fused-ring (bicyclic) bond motifs is 1. The van der Waals surface area contributed by atoms with Crippen molar-refractivity contribution in [2.24, 2.45) is 0 Å². The van der Waals surface area contributed by atoms with Gasteiger partial charge in [0, 0.05) is 18.2 Å². The first-order chi connectivity index (χ1) is 13.1. The van der Waals surface area contributed by atoms with Crippen molar-refractivity contribution in [1.82, 2.24) is 25.3 Å². The molecule has 7 nitrogen and oxygen atoms in total. The molecule has 1 amide bonds. The molecule has 3 aromatic rings. The Morgan fingerprint density at radius 2 is 2.26 bits per heavy atom. The Morgan fingerprint density at radius 3 is 3.04 bits per heavy atom. The first kappa shape index (κ1) is 17.7. The van der Waals surface area contributed by atoms with E-state index < -0.39 is 0 Å². The van der Waals surface area contributed by atoms with Gasteiger partial charge in [-0.3, -0.25) is 4.79 Å². The Bertz CT molecular complexity index is 970. The Morgan fingerprint density at radius 1 is 1.41 bits per heavy atom. The van der Waals surface area contributed by atoms with Gasteiger partial charge in [0.15, 0.2) is 0 Å². The summed E-state index contributed by atoms with van der Waals surface area (Å²) in [4.78, 5) is 12.3. The van der Waals surface area contributed by atoms with Crippen molar-refractivity contribution < 1.29 is 13.6 Å². The molecule has 140 valence electrons. The number of carbonyl (C=O) groups is 1. The van der Waals surface area contributed by atoms with E-state index in [-0.39, 0.29) is 23.5 Å². The second-order valence-corrected chi connectivity index (χ2v) is 7.22. The molecule has 0 saturated heterocycles. The molecule has 0 bridgehead atoms. The maximum atomic E-state index is 14.1. The van der Waals surface area contributed by atoms with E-state index in [4.69, 9.17) is 4.42 Å². The summed E-state index contributed by atoms with van der Waals surface area (Å²) in [7, 11) is 0. The summed E-state index contributed by atoms with van der Waals surface area (Å²) in [6.07, 6.45) is 4.24. The molecule has 1 N–H and O–H groups in total. The molecule has 0 saturated carbocycles. The average Bonchev–Trinajstić information content (AvgIpc) is 3.27. The fourth-order valence-corrected chi connectivity index (χ4v) is 3.85. The molecular formula is C18H18FN5O2S. The van der Waals surface area contributed by atoms with Crippen LogP contribution in [0.5, 0.6) is 0 Å². The number of carbonyl (C=O) groups excluding carboxylic acids is 1. The largest absolute Gasteiger partial charge is 0.416 e. The van der Waals surface area contributed by atoms with Gasteiger partial charge in [-0.1, -0.05) is 23.9 Å². The molecule has 1 aliphatic carbocycles. The van der Waals surface area contributed by atoms with Gasteiger partial charge in [-0.05, 0) is 31.4 Å². The average molecular weight is 387 g/mol. The zero-order valence-corrected chi connectivity index (χ0v) is 15.5. The molecule has 1 aliphatic rings. The predicted octanol–water partition coefficient (Wildman–Crippen LogP) is 2.99. The summed E-state index contributed by atoms with van der Waals surface area (Å²) in [6, 6.07) is 6.42. The summed E-state index contributed by atoms with van der Waals surface area (Å²) >= 11 is 1.20. The highest BCUT2D eigenvalue weighted by Gasteiger charge is 2.26. The van der Waals surface area contributed by atoms with Crippen molar-refractivity contribution in [2.45, 2.75) is 37.5 Å². The maximum absolute atomic E-state index is 14.1. The summed E-state index contributed by atoms with van der Waals surface area (Å²) in [5.74, 6) is 0.220. The highest BCUT2D eigenvalue weighted by Crippen LogP contribution is 2.31. The number of halogens is 1. The number of nitrogens with one attached hydrogen (secondary N) is 1. The second-order valence-electron chi connectivity index (χ2n) is 6.30. The third kappa shape index (κ3) is 3.73. The van der Waals surface area contributed by atoms with E-state index in [1.807, 2.05) is 0 Å². The summed E-state index contributed by atoms with van der Waals surface area (Å²) < 4.78 is 21.0. The topological polar surface area (TPSA) is 85.8 Å². The lowest BCUT2D eigenvalue weighted by atomic mass is 9.93. The van der Waals surface area contributed by atoms with Gasteiger partial charge in [-0.2, -0.15) is 5.10 Å². The normalized spacial score (nSPS) is 16.1. The number of hydrogen-bond acceptors (Lipinski definition) is 6. The Hall–Kier alpha value is -2.68. The van der Waals surface area contributed by atoms with Gasteiger partial charge in [0.2, 0.25) is 11.8 Å². The molecule has 2 aromatic heterocycles. The van der Waals surface area contributed by atoms with Gasteiger partial charge in [0.1, 0.15) is 11.5 Å². The first-order valence-electron chi connectivity index (χ1n) is 8.66. The van der Waals surface area contributed by atoms with Gasteiger partial charge in [-0.15, -0.1) is 10.2 Å². The van der Waals surface area contributed by atoms with Crippen LogP contribution in [0.1, 0.15) is 36.0 Å². The van der Waals surface area contributed by atoms with Crippen molar-refractivity contribution in [3.8, 4) is 5.69 Å². The Kier molecular flexibility index (Phi) is 4.93. The molecule has 0 fully saturated rings. The number of aryl methyl sites for hydroxylation is 1. The standard InChI is InChI=1S/C18H18FN5O2S/c1-11-22-23-18(26-11)27-10-17(25)21-14-6-4-8-15-12(14)9-20-24(15)16-7-3-2-5-13(16)19/h2-3,5,7,9,14H,4,6,8,10H2,1H3,(H,21,25)/t14-/m0/s1. The van der Waals surface area contributed by atoms with E-state index in [1.54, 1.807) is 36.0 Å². The van der Waals surface area contributed by atoms with Crippen LogP contribution in [0.2, 0.25) is 0 Å². The number of amides is 1. The minimum atomic E-state index is -0.319. The minimum Gasteiger partial charge on any atom is -0.416 e. The van der Waals surface area contributed by atoms with E-state index in [1.165, 1.54) is 17.8 Å². The van der Waals surface area contributed by atoms with Crippen LogP contribution in [0.4, 0.5) is 4.39 Å². The molecule has 1 atom stereocenters. The number of hydrogen-bond donors (Lipinski definition) is 1. The fraction of sp³-hybridized carbons (Fsp3) is 0.333. The van der Waals surface area contributed by atoms with Crippen LogP contribution in [0, 0.1) is 12.7 Å². The zero-order valence-electron chi connectivity index (χ0n) is 14.7. The molecule has 0 spiro atoms.